The number of nitrogens with zero attached hydrogens (tertiary/aromatic N) is 4. The number of nitrogens with one attached hydrogen (secondary N) is 1. The molecule has 0 aliphatic carbocycles. The fraction of sp³-hybridized carbons (Fsp3) is 0.231. The Morgan fingerprint density at radius 2 is 2.06 bits per heavy atom. The number of ether oxygens (including phenoxy) is 2. The molecule has 3 heterocycles. The van der Waals surface area contributed by atoms with Crippen LogP contribution in [-0.2, 0) is 0 Å². The molecule has 0 aliphatic heterocycles. The molecule has 0 amide bonds. The Hall–Kier alpha value is -4.00. The Morgan fingerprint density at radius 1 is 1.17 bits per heavy atom. The van der Waals surface area contributed by atoms with Crippen molar-refractivity contribution in [3.05, 3.63) is 66.1 Å². The molecule has 0 aliphatic rings. The minimum Gasteiger partial charge on any atom is -0.493 e. The highest BCUT2D eigenvalue weighted by atomic mass is 32.1. The molecule has 0 radical (unpaired) electrons. The standard InChI is InChI=1S/C26H25N5O3S/c1-3-33-25-21(14-27)22(18-7-5-10-28-16-18)24(35-25)23-17(2)15-29-26(31-23)30-19-8-4-9-20(13-19)34-12-6-11-32/h4-5,7-10,13,15-16,32H,3,6,11-12H2,1-2H3,(H,29,30,31). The van der Waals surface area contributed by atoms with Gasteiger partial charge in [0.15, 0.2) is 5.06 Å². The summed E-state index contributed by atoms with van der Waals surface area (Å²) in [5.41, 5.74) is 4.40. The van der Waals surface area contributed by atoms with E-state index in [9.17, 15) is 5.26 Å². The number of hydrogen-bond acceptors (Lipinski definition) is 9. The maximum atomic E-state index is 9.95. The highest BCUT2D eigenvalue weighted by Crippen LogP contribution is 2.47. The number of nitriles is 1. The molecule has 8 nitrogen and oxygen atoms in total. The van der Waals surface area contributed by atoms with E-state index in [1.165, 1.54) is 11.3 Å². The molecule has 0 spiro atoms. The maximum Gasteiger partial charge on any atom is 0.227 e. The van der Waals surface area contributed by atoms with Crippen LogP contribution >= 0.6 is 11.3 Å². The van der Waals surface area contributed by atoms with Gasteiger partial charge in [0.2, 0.25) is 5.95 Å². The third kappa shape index (κ3) is 5.57. The van der Waals surface area contributed by atoms with Crippen molar-refractivity contribution < 1.29 is 14.6 Å². The van der Waals surface area contributed by atoms with Crippen molar-refractivity contribution >= 4 is 23.0 Å². The summed E-state index contributed by atoms with van der Waals surface area (Å²) >= 11 is 1.40. The molecule has 4 aromatic rings. The van der Waals surface area contributed by atoms with Gasteiger partial charge in [0.05, 0.1) is 23.8 Å². The van der Waals surface area contributed by atoms with Gasteiger partial charge < -0.3 is 19.9 Å². The first-order valence-electron chi connectivity index (χ1n) is 11.2. The predicted molar refractivity (Wildman–Crippen MR) is 136 cm³/mol. The number of pyridine rings is 1. The van der Waals surface area contributed by atoms with Crippen molar-refractivity contribution in [3.63, 3.8) is 0 Å². The largest absolute Gasteiger partial charge is 0.493 e. The van der Waals surface area contributed by atoms with Crippen molar-refractivity contribution in [2.24, 2.45) is 0 Å². The van der Waals surface area contributed by atoms with Crippen molar-refractivity contribution in [3.8, 4) is 38.6 Å². The number of benzene rings is 1. The Bertz CT molecular complexity index is 1330. The topological polar surface area (TPSA) is 113 Å². The number of aliphatic hydroxyl groups is 1. The predicted octanol–water partition coefficient (Wildman–Crippen LogP) is 5.35. The molecule has 0 saturated carbocycles. The first kappa shape index (κ1) is 24.1. The average molecular weight is 488 g/mol. The van der Waals surface area contributed by atoms with E-state index in [1.807, 2.05) is 50.2 Å². The Balaban J connectivity index is 1.73. The minimum absolute atomic E-state index is 0.0835. The number of aromatic nitrogens is 3. The van der Waals surface area contributed by atoms with E-state index in [0.29, 0.717) is 47.7 Å². The number of anilines is 2. The molecule has 1 aromatic carbocycles. The van der Waals surface area contributed by atoms with Gasteiger partial charge in [-0.15, -0.1) is 0 Å². The van der Waals surface area contributed by atoms with Crippen molar-refractivity contribution in [1.29, 1.82) is 5.26 Å². The first-order valence-corrected chi connectivity index (χ1v) is 12.0. The van der Waals surface area contributed by atoms with E-state index < -0.39 is 0 Å². The zero-order valence-corrected chi connectivity index (χ0v) is 20.3. The summed E-state index contributed by atoms with van der Waals surface area (Å²) < 4.78 is 11.5. The van der Waals surface area contributed by atoms with E-state index in [2.05, 4.69) is 21.4 Å². The molecule has 0 unspecified atom stereocenters. The highest BCUT2D eigenvalue weighted by molar-refractivity contribution is 7.18. The summed E-state index contributed by atoms with van der Waals surface area (Å²) in [6.07, 6.45) is 5.76. The van der Waals surface area contributed by atoms with Gasteiger partial charge >= 0.3 is 0 Å². The van der Waals surface area contributed by atoms with Crippen LogP contribution in [0.3, 0.4) is 0 Å². The first-order chi connectivity index (χ1) is 17.1. The molecule has 9 heteroatoms. The summed E-state index contributed by atoms with van der Waals surface area (Å²) in [5, 5.41) is 22.7. The summed E-state index contributed by atoms with van der Waals surface area (Å²) in [6.45, 7) is 4.80. The second-order valence-corrected chi connectivity index (χ2v) is 8.54. The number of thiophene rings is 1. The summed E-state index contributed by atoms with van der Waals surface area (Å²) in [4.78, 5) is 14.3. The van der Waals surface area contributed by atoms with Crippen LogP contribution in [0.4, 0.5) is 11.6 Å². The lowest BCUT2D eigenvalue weighted by Crippen LogP contribution is -2.02. The molecular formula is C26H25N5O3S. The van der Waals surface area contributed by atoms with Gasteiger partial charge in [-0.25, -0.2) is 9.97 Å². The second-order valence-electron chi connectivity index (χ2n) is 7.56. The molecule has 3 aromatic heterocycles. The third-order valence-corrected chi connectivity index (χ3v) is 6.17. The van der Waals surface area contributed by atoms with E-state index in [0.717, 1.165) is 27.3 Å². The van der Waals surface area contributed by atoms with Crippen LogP contribution in [0.1, 0.15) is 24.5 Å². The van der Waals surface area contributed by atoms with Crippen molar-refractivity contribution in [1.82, 2.24) is 15.0 Å². The van der Waals surface area contributed by atoms with Gasteiger partial charge in [0, 0.05) is 54.5 Å². The van der Waals surface area contributed by atoms with Crippen LogP contribution in [0.2, 0.25) is 0 Å². The van der Waals surface area contributed by atoms with Crippen LogP contribution in [0.25, 0.3) is 21.7 Å². The van der Waals surface area contributed by atoms with E-state index >= 15 is 0 Å². The molecule has 0 saturated heterocycles. The minimum atomic E-state index is 0.0835. The van der Waals surface area contributed by atoms with Crippen molar-refractivity contribution in [2.75, 3.05) is 25.1 Å². The van der Waals surface area contributed by atoms with Crippen molar-refractivity contribution in [2.45, 2.75) is 20.3 Å². The van der Waals surface area contributed by atoms with E-state index in [-0.39, 0.29) is 6.61 Å². The molecular weight excluding hydrogens is 462 g/mol. The smallest absolute Gasteiger partial charge is 0.227 e. The van der Waals surface area contributed by atoms with Crippen LogP contribution in [0.5, 0.6) is 10.8 Å². The zero-order valence-electron chi connectivity index (χ0n) is 19.5. The van der Waals surface area contributed by atoms with Gasteiger partial charge in [-0.2, -0.15) is 5.26 Å². The monoisotopic (exact) mass is 487 g/mol. The molecule has 0 fully saturated rings. The molecule has 178 valence electrons. The summed E-state index contributed by atoms with van der Waals surface area (Å²) in [5.74, 6) is 1.10. The lowest BCUT2D eigenvalue weighted by molar-refractivity contribution is 0.233. The van der Waals surface area contributed by atoms with Gasteiger partial charge in [-0.1, -0.05) is 23.5 Å². The number of hydrogen-bond donors (Lipinski definition) is 2. The second kappa shape index (κ2) is 11.4. The van der Waals surface area contributed by atoms with Gasteiger partial charge in [0.25, 0.3) is 0 Å². The lowest BCUT2D eigenvalue weighted by Gasteiger charge is -2.11. The van der Waals surface area contributed by atoms with Crippen LogP contribution in [-0.4, -0.2) is 39.9 Å². The van der Waals surface area contributed by atoms with Crippen LogP contribution in [0, 0.1) is 18.3 Å². The SMILES string of the molecule is CCOc1sc(-c2nc(Nc3cccc(OCCCO)c3)ncc2C)c(-c2cccnc2)c1C#N. The molecule has 4 rings (SSSR count). The molecule has 35 heavy (non-hydrogen) atoms. The number of aliphatic hydroxyl groups excluding tert-OH is 1. The van der Waals surface area contributed by atoms with Crippen LogP contribution < -0.4 is 14.8 Å². The Morgan fingerprint density at radius 3 is 2.80 bits per heavy atom. The summed E-state index contributed by atoms with van der Waals surface area (Å²) in [6, 6.07) is 13.6. The fourth-order valence-corrected chi connectivity index (χ4v) is 4.71. The third-order valence-electron chi connectivity index (χ3n) is 5.06. The van der Waals surface area contributed by atoms with E-state index in [1.54, 1.807) is 18.6 Å². The fourth-order valence-electron chi connectivity index (χ4n) is 3.48. The molecule has 0 bridgehead atoms. The van der Waals surface area contributed by atoms with Crippen LogP contribution in [0.15, 0.2) is 55.0 Å². The zero-order chi connectivity index (χ0) is 24.6. The molecule has 2 N–H and O–H groups in total. The maximum absolute atomic E-state index is 9.95. The Labute approximate surface area is 207 Å². The quantitative estimate of drug-likeness (QED) is 0.288. The van der Waals surface area contributed by atoms with Gasteiger partial charge in [0.1, 0.15) is 17.4 Å². The van der Waals surface area contributed by atoms with Gasteiger partial charge in [-0.05, 0) is 37.6 Å². The number of aryl methyl sites for hydroxylation is 1. The van der Waals surface area contributed by atoms with Gasteiger partial charge in [-0.3, -0.25) is 4.98 Å². The highest BCUT2D eigenvalue weighted by Gasteiger charge is 2.24. The number of rotatable bonds is 10. The molecule has 0 atom stereocenters. The van der Waals surface area contributed by atoms with E-state index in [4.69, 9.17) is 19.6 Å². The Kier molecular flexibility index (Phi) is 7.88. The average Bonchev–Trinajstić information content (AvgIpc) is 3.24. The normalized spacial score (nSPS) is 10.6. The lowest BCUT2D eigenvalue weighted by atomic mass is 10.0. The summed E-state index contributed by atoms with van der Waals surface area (Å²) in [7, 11) is 0.